The van der Waals surface area contributed by atoms with Crippen molar-refractivity contribution in [1.82, 2.24) is 15.0 Å². The van der Waals surface area contributed by atoms with Crippen molar-refractivity contribution < 1.29 is 9.32 Å². The van der Waals surface area contributed by atoms with E-state index in [1.165, 1.54) is 0 Å². The van der Waals surface area contributed by atoms with Crippen molar-refractivity contribution in [2.45, 2.75) is 25.4 Å². The first-order valence-corrected chi connectivity index (χ1v) is 9.41. The van der Waals surface area contributed by atoms with Crippen LogP contribution >= 0.6 is 27.5 Å². The molecule has 0 bridgehead atoms. The van der Waals surface area contributed by atoms with Crippen LogP contribution in [-0.2, 0) is 11.3 Å². The van der Waals surface area contributed by atoms with Crippen molar-refractivity contribution in [2.24, 2.45) is 0 Å². The molecule has 4 rings (SSSR count). The largest absolute Gasteiger partial charge is 0.337 e. The molecule has 2 aromatic carbocycles. The Balaban J connectivity index is 1.59. The maximum absolute atomic E-state index is 12.4. The van der Waals surface area contributed by atoms with Crippen molar-refractivity contribution in [1.29, 1.82) is 0 Å². The Labute approximate surface area is 164 Å². The van der Waals surface area contributed by atoms with Gasteiger partial charge in [-0.3, -0.25) is 4.79 Å². The van der Waals surface area contributed by atoms with Crippen LogP contribution in [0.2, 0.25) is 5.02 Å². The SMILES string of the molecule is O=C1CCC(c2nc(-c3ccc(Br)cc3)no2)N1Cc1ccccc1Cl. The van der Waals surface area contributed by atoms with E-state index in [9.17, 15) is 4.79 Å². The highest BCUT2D eigenvalue weighted by Crippen LogP contribution is 2.35. The van der Waals surface area contributed by atoms with Gasteiger partial charge in [-0.25, -0.2) is 0 Å². The summed E-state index contributed by atoms with van der Waals surface area (Å²) in [5.74, 6) is 1.05. The van der Waals surface area contributed by atoms with Crippen LogP contribution in [-0.4, -0.2) is 20.9 Å². The van der Waals surface area contributed by atoms with Crippen molar-refractivity contribution in [3.05, 3.63) is 69.5 Å². The summed E-state index contributed by atoms with van der Waals surface area (Å²) in [5.41, 5.74) is 1.77. The molecular weight excluding hydrogens is 418 g/mol. The van der Waals surface area contributed by atoms with Crippen LogP contribution < -0.4 is 0 Å². The van der Waals surface area contributed by atoms with E-state index in [0.29, 0.717) is 36.1 Å². The second-order valence-electron chi connectivity index (χ2n) is 6.13. The zero-order chi connectivity index (χ0) is 18.1. The lowest BCUT2D eigenvalue weighted by Crippen LogP contribution is -2.27. The van der Waals surface area contributed by atoms with Gasteiger partial charge >= 0.3 is 0 Å². The number of likely N-dealkylation sites (tertiary alicyclic amines) is 1. The van der Waals surface area contributed by atoms with Crippen LogP contribution in [0.3, 0.4) is 0 Å². The quantitative estimate of drug-likeness (QED) is 0.581. The molecule has 26 heavy (non-hydrogen) atoms. The number of amides is 1. The molecule has 0 aliphatic carbocycles. The predicted molar refractivity (Wildman–Crippen MR) is 101 cm³/mol. The van der Waals surface area contributed by atoms with E-state index in [4.69, 9.17) is 16.1 Å². The number of hydrogen-bond acceptors (Lipinski definition) is 4. The molecule has 1 atom stereocenters. The van der Waals surface area contributed by atoms with Crippen molar-refractivity contribution in [2.75, 3.05) is 0 Å². The minimum atomic E-state index is -0.226. The third kappa shape index (κ3) is 3.39. The molecule has 132 valence electrons. The highest BCUT2D eigenvalue weighted by molar-refractivity contribution is 9.10. The van der Waals surface area contributed by atoms with Crippen LogP contribution in [0.25, 0.3) is 11.4 Å². The van der Waals surface area contributed by atoms with Gasteiger partial charge in [0.2, 0.25) is 17.6 Å². The molecule has 5 nitrogen and oxygen atoms in total. The van der Waals surface area contributed by atoms with E-state index in [0.717, 1.165) is 15.6 Å². The highest BCUT2D eigenvalue weighted by atomic mass is 79.9. The highest BCUT2D eigenvalue weighted by Gasteiger charge is 2.36. The van der Waals surface area contributed by atoms with Gasteiger partial charge in [0.1, 0.15) is 6.04 Å². The van der Waals surface area contributed by atoms with Crippen LogP contribution in [0, 0.1) is 0 Å². The van der Waals surface area contributed by atoms with Crippen LogP contribution in [0.1, 0.15) is 30.3 Å². The zero-order valence-electron chi connectivity index (χ0n) is 13.7. The molecule has 1 fully saturated rings. The Bertz CT molecular complexity index is 942. The van der Waals surface area contributed by atoms with E-state index >= 15 is 0 Å². The average molecular weight is 433 g/mol. The molecule has 1 aliphatic rings. The molecule has 3 aromatic rings. The Morgan fingerprint density at radius 3 is 2.73 bits per heavy atom. The molecule has 2 heterocycles. The van der Waals surface area contributed by atoms with E-state index in [-0.39, 0.29) is 11.9 Å². The second-order valence-corrected chi connectivity index (χ2v) is 7.45. The van der Waals surface area contributed by atoms with Gasteiger partial charge in [-0.2, -0.15) is 4.98 Å². The van der Waals surface area contributed by atoms with E-state index in [1.54, 1.807) is 4.90 Å². The number of benzene rings is 2. The van der Waals surface area contributed by atoms with Crippen molar-refractivity contribution in [3.63, 3.8) is 0 Å². The molecule has 1 aliphatic heterocycles. The number of nitrogens with zero attached hydrogens (tertiary/aromatic N) is 3. The van der Waals surface area contributed by atoms with Crippen LogP contribution in [0.4, 0.5) is 0 Å². The molecule has 1 saturated heterocycles. The van der Waals surface area contributed by atoms with Gasteiger partial charge in [-0.05, 0) is 42.3 Å². The summed E-state index contributed by atoms with van der Waals surface area (Å²) in [6.45, 7) is 0.430. The van der Waals surface area contributed by atoms with Gasteiger partial charge in [-0.1, -0.05) is 50.9 Å². The summed E-state index contributed by atoms with van der Waals surface area (Å²) in [4.78, 5) is 18.7. The topological polar surface area (TPSA) is 59.2 Å². The fraction of sp³-hybridized carbons (Fsp3) is 0.211. The molecule has 1 amide bonds. The lowest BCUT2D eigenvalue weighted by atomic mass is 10.1. The molecular formula is C19H15BrClN3O2. The fourth-order valence-corrected chi connectivity index (χ4v) is 3.55. The molecule has 0 radical (unpaired) electrons. The number of hydrogen-bond donors (Lipinski definition) is 0. The normalized spacial score (nSPS) is 17.1. The van der Waals surface area contributed by atoms with Crippen LogP contribution in [0.15, 0.2) is 57.5 Å². The van der Waals surface area contributed by atoms with E-state index < -0.39 is 0 Å². The Kier molecular flexibility index (Phi) is 4.78. The van der Waals surface area contributed by atoms with Crippen molar-refractivity contribution >= 4 is 33.4 Å². The first kappa shape index (κ1) is 17.2. The van der Waals surface area contributed by atoms with Crippen molar-refractivity contribution in [3.8, 4) is 11.4 Å². The first-order valence-electron chi connectivity index (χ1n) is 8.24. The summed E-state index contributed by atoms with van der Waals surface area (Å²) in [5, 5.41) is 4.72. The molecule has 1 aromatic heterocycles. The Morgan fingerprint density at radius 1 is 1.19 bits per heavy atom. The first-order chi connectivity index (χ1) is 12.6. The number of carbonyl (C=O) groups is 1. The smallest absolute Gasteiger partial charge is 0.249 e. The molecule has 1 unspecified atom stereocenters. The summed E-state index contributed by atoms with van der Waals surface area (Å²) >= 11 is 9.66. The van der Waals surface area contributed by atoms with Gasteiger partial charge in [-0.15, -0.1) is 0 Å². The third-order valence-corrected chi connectivity index (χ3v) is 5.35. The standard InChI is InChI=1S/C19H15BrClN3O2/c20-14-7-5-12(6-8-14)18-22-19(26-23-18)16-9-10-17(25)24(16)11-13-3-1-2-4-15(13)21/h1-8,16H,9-11H2. The molecule has 0 saturated carbocycles. The molecule has 7 heteroatoms. The van der Waals surface area contributed by atoms with Gasteiger partial charge < -0.3 is 9.42 Å². The fourth-order valence-electron chi connectivity index (χ4n) is 3.09. The summed E-state index contributed by atoms with van der Waals surface area (Å²) < 4.78 is 6.46. The van der Waals surface area contributed by atoms with Gasteiger partial charge in [0.25, 0.3) is 0 Å². The Morgan fingerprint density at radius 2 is 1.96 bits per heavy atom. The Hall–Kier alpha value is -2.18. The van der Waals surface area contributed by atoms with E-state index in [2.05, 4.69) is 26.1 Å². The number of rotatable bonds is 4. The summed E-state index contributed by atoms with van der Waals surface area (Å²) in [6.07, 6.45) is 1.12. The second kappa shape index (κ2) is 7.21. The minimum Gasteiger partial charge on any atom is -0.337 e. The maximum Gasteiger partial charge on any atom is 0.249 e. The number of aromatic nitrogens is 2. The summed E-state index contributed by atoms with van der Waals surface area (Å²) in [7, 11) is 0. The predicted octanol–water partition coefficient (Wildman–Crippen LogP) is 5.02. The van der Waals surface area contributed by atoms with Gasteiger partial charge in [0, 0.05) is 28.0 Å². The lowest BCUT2D eigenvalue weighted by Gasteiger charge is -2.22. The third-order valence-electron chi connectivity index (χ3n) is 4.46. The molecule has 0 spiro atoms. The average Bonchev–Trinajstić information content (AvgIpc) is 3.25. The maximum atomic E-state index is 12.4. The van der Waals surface area contributed by atoms with Gasteiger partial charge in [0.15, 0.2) is 0 Å². The number of carbonyl (C=O) groups excluding carboxylic acids is 1. The van der Waals surface area contributed by atoms with Gasteiger partial charge in [0.05, 0.1) is 0 Å². The van der Waals surface area contributed by atoms with E-state index in [1.807, 2.05) is 48.5 Å². The molecule has 0 N–H and O–H groups in total. The summed E-state index contributed by atoms with van der Waals surface area (Å²) in [6, 6.07) is 15.0. The zero-order valence-corrected chi connectivity index (χ0v) is 16.1. The minimum absolute atomic E-state index is 0.0679. The number of halogens is 2. The van der Waals surface area contributed by atoms with Crippen LogP contribution in [0.5, 0.6) is 0 Å². The monoisotopic (exact) mass is 431 g/mol. The lowest BCUT2D eigenvalue weighted by molar-refractivity contribution is -0.129.